The van der Waals surface area contributed by atoms with E-state index in [1.165, 1.54) is 0 Å². The average Bonchev–Trinajstić information content (AvgIpc) is 4.01. The molecule has 0 radical (unpaired) electrons. The molecule has 0 bridgehead atoms. The molecule has 6 aliphatic rings. The van der Waals surface area contributed by atoms with E-state index in [0.717, 1.165) is 89.9 Å². The fourth-order valence-corrected chi connectivity index (χ4v) is 11.1. The van der Waals surface area contributed by atoms with Crippen LogP contribution in [-0.4, -0.2) is 169 Å². The minimum absolute atomic E-state index is 0.000737. The van der Waals surface area contributed by atoms with Gasteiger partial charge in [0.05, 0.1) is 50.6 Å². The van der Waals surface area contributed by atoms with Crippen molar-refractivity contribution in [1.82, 2.24) is 39.4 Å². The highest BCUT2D eigenvalue weighted by Crippen LogP contribution is 2.49. The topological polar surface area (TPSA) is 174 Å². The van der Waals surface area contributed by atoms with E-state index in [9.17, 15) is 29.4 Å². The number of morpholine rings is 2. The summed E-state index contributed by atoms with van der Waals surface area (Å²) in [5, 5.41) is 26.5. The number of fused-ring (bicyclic) bond motifs is 6. The molecule has 2 amide bonds. The maximum Gasteiger partial charge on any atom is 0.258 e. The molecule has 0 aromatic carbocycles. The first-order valence-electron chi connectivity index (χ1n) is 22.7. The zero-order chi connectivity index (χ0) is 43.9. The van der Waals surface area contributed by atoms with Crippen molar-refractivity contribution in [3.05, 3.63) is 79.6 Å². The molecule has 0 spiro atoms. The van der Waals surface area contributed by atoms with Crippen molar-refractivity contribution in [1.29, 1.82) is 0 Å². The summed E-state index contributed by atoms with van der Waals surface area (Å²) in [6.07, 6.45) is 9.16. The Kier molecular flexibility index (Phi) is 15.7. The maximum absolute atomic E-state index is 13.1. The summed E-state index contributed by atoms with van der Waals surface area (Å²) in [5.41, 5.74) is 3.21. The number of nitrogens with zero attached hydrogens (tertiary/aromatic N) is 6. The number of pyridine rings is 2. The molecule has 16 nitrogen and oxygen atoms in total. The fourth-order valence-electron chi connectivity index (χ4n) is 11.1. The summed E-state index contributed by atoms with van der Waals surface area (Å²) in [6, 6.07) is 6.87. The van der Waals surface area contributed by atoms with Crippen LogP contribution < -0.4 is 21.8 Å². The highest BCUT2D eigenvalue weighted by molar-refractivity contribution is 5.83. The van der Waals surface area contributed by atoms with Crippen molar-refractivity contribution in [3.63, 3.8) is 0 Å². The lowest BCUT2D eigenvalue weighted by Gasteiger charge is -2.28. The Morgan fingerprint density at radius 3 is 1.40 bits per heavy atom. The third kappa shape index (κ3) is 9.43. The van der Waals surface area contributed by atoms with Crippen LogP contribution in [0.2, 0.25) is 0 Å². The molecule has 6 aliphatic heterocycles. The summed E-state index contributed by atoms with van der Waals surface area (Å²) >= 11 is 0. The second-order valence-electron chi connectivity index (χ2n) is 17.6. The lowest BCUT2D eigenvalue weighted by atomic mass is 9.88. The standard InChI is InChI=1S/2C23H34N4O4/c2*1-3-5-16-6-7-19-20-17(14-27(19)23(16)30)18(15-28)21(25(20)2)22(29)24-8-4-9-26-10-12-31-13-11-26/h2*3,5-7,17-18,20-21,28H,4,8-15H2,1-2H3,(H,24,29)/b5-3+;5-3-/t2*17-,18-,20+,21-/m00/s1. The number of likely N-dealkylation sites (N-methyl/N-ethyl adjacent to an activating group) is 2. The van der Waals surface area contributed by atoms with Gasteiger partial charge >= 0.3 is 0 Å². The van der Waals surface area contributed by atoms with E-state index in [0.29, 0.717) is 37.3 Å². The lowest BCUT2D eigenvalue weighted by molar-refractivity contribution is -0.128. The number of likely N-dealkylation sites (tertiary alicyclic amines) is 2. The number of allylic oxidation sites excluding steroid dienone is 2. The highest BCUT2D eigenvalue weighted by Gasteiger charge is 2.55. The Morgan fingerprint density at radius 2 is 1.05 bits per heavy atom. The molecule has 2 aromatic heterocycles. The van der Waals surface area contributed by atoms with Crippen molar-refractivity contribution in [2.75, 3.05) is 106 Å². The van der Waals surface area contributed by atoms with Gasteiger partial charge in [0.1, 0.15) is 0 Å². The average molecular weight is 861 g/mol. The zero-order valence-electron chi connectivity index (χ0n) is 37.0. The second kappa shape index (κ2) is 21.1. The SMILES string of the molecule is C/C=C/c1ccc2n(c1=O)C[C@H]1[C@H](CO)[C@@H](C(=O)NCCCN3CCOCC3)N(C)[C@@H]21.C/C=C\c1ccc2n(c1=O)C[C@H]1[C@H](CO)[C@@H](C(=O)NCCCN3CCOCC3)N(C)[C@@H]21. The van der Waals surface area contributed by atoms with Crippen LogP contribution in [0.25, 0.3) is 12.2 Å². The minimum Gasteiger partial charge on any atom is -0.396 e. The predicted octanol–water partition coefficient (Wildman–Crippen LogP) is 0.627. The number of hydrogen-bond acceptors (Lipinski definition) is 12. The number of aliphatic hydroxyl groups is 2. The molecule has 4 fully saturated rings. The van der Waals surface area contributed by atoms with Crippen LogP contribution in [0.15, 0.2) is 46.0 Å². The Morgan fingerprint density at radius 1 is 0.661 bits per heavy atom. The van der Waals surface area contributed by atoms with Gasteiger partial charge in [0.15, 0.2) is 0 Å². The molecular formula is C46H68N8O8. The molecule has 0 saturated carbocycles. The second-order valence-corrected chi connectivity index (χ2v) is 17.6. The fraction of sp³-hybridized carbons (Fsp3) is 0.652. The maximum atomic E-state index is 13.1. The lowest BCUT2D eigenvalue weighted by Crippen LogP contribution is -2.47. The van der Waals surface area contributed by atoms with Gasteiger partial charge in [-0.15, -0.1) is 0 Å². The van der Waals surface area contributed by atoms with Crippen molar-refractivity contribution in [3.8, 4) is 0 Å². The molecule has 340 valence electrons. The van der Waals surface area contributed by atoms with E-state index in [-0.39, 0.29) is 84.0 Å². The van der Waals surface area contributed by atoms with E-state index < -0.39 is 0 Å². The number of ether oxygens (including phenoxy) is 2. The summed E-state index contributed by atoms with van der Waals surface area (Å²) in [5.74, 6) is -0.354. The van der Waals surface area contributed by atoms with Gasteiger partial charge in [-0.25, -0.2) is 0 Å². The Labute approximate surface area is 365 Å². The van der Waals surface area contributed by atoms with E-state index in [2.05, 4.69) is 30.2 Å². The zero-order valence-corrected chi connectivity index (χ0v) is 37.0. The summed E-state index contributed by atoms with van der Waals surface area (Å²) in [6.45, 7) is 14.8. The van der Waals surface area contributed by atoms with E-state index in [1.54, 1.807) is 0 Å². The Bertz CT molecular complexity index is 1900. The van der Waals surface area contributed by atoms with Crippen LogP contribution in [0, 0.1) is 23.7 Å². The monoisotopic (exact) mass is 861 g/mol. The summed E-state index contributed by atoms with van der Waals surface area (Å²) in [4.78, 5) is 60.6. The van der Waals surface area contributed by atoms with Gasteiger partial charge in [-0.1, -0.05) is 24.3 Å². The number of aromatic nitrogens is 2. The third-order valence-corrected chi connectivity index (χ3v) is 14.1. The first kappa shape index (κ1) is 46.0. The van der Waals surface area contributed by atoms with Crippen molar-refractivity contribution >= 4 is 24.0 Å². The molecule has 16 heteroatoms. The molecule has 8 atom stereocenters. The number of nitrogens with one attached hydrogen (secondary N) is 2. The first-order chi connectivity index (χ1) is 30.1. The molecule has 8 heterocycles. The Balaban J connectivity index is 0.000000186. The van der Waals surface area contributed by atoms with Gasteiger partial charge in [-0.05, 0) is 78.1 Å². The molecule has 8 rings (SSSR count). The smallest absolute Gasteiger partial charge is 0.258 e. The molecule has 62 heavy (non-hydrogen) atoms. The molecule has 4 N–H and O–H groups in total. The summed E-state index contributed by atoms with van der Waals surface area (Å²) < 4.78 is 14.4. The normalized spacial score (nSPS) is 28.7. The summed E-state index contributed by atoms with van der Waals surface area (Å²) in [7, 11) is 3.87. The van der Waals surface area contributed by atoms with Gasteiger partial charge in [-0.3, -0.25) is 38.8 Å². The number of hydrogen-bond donors (Lipinski definition) is 4. The largest absolute Gasteiger partial charge is 0.396 e. The van der Waals surface area contributed by atoms with E-state index in [1.807, 2.05) is 85.6 Å². The van der Waals surface area contributed by atoms with Gasteiger partial charge in [0.2, 0.25) is 11.8 Å². The molecule has 4 saturated heterocycles. The number of amides is 2. The number of carbonyl (C=O) groups excluding carboxylic acids is 2. The first-order valence-corrected chi connectivity index (χ1v) is 22.7. The van der Waals surface area contributed by atoms with Crippen LogP contribution in [0.3, 0.4) is 0 Å². The number of carbonyl (C=O) groups is 2. The van der Waals surface area contributed by atoms with Gasteiger partial charge < -0.3 is 39.5 Å². The Hall–Kier alpha value is -4.00. The molecule has 0 unspecified atom stereocenters. The van der Waals surface area contributed by atoms with Crippen LogP contribution >= 0.6 is 0 Å². The molecule has 2 aromatic rings. The number of rotatable bonds is 14. The van der Waals surface area contributed by atoms with Gasteiger partial charge in [0, 0.05) is 112 Å². The predicted molar refractivity (Wildman–Crippen MR) is 237 cm³/mol. The van der Waals surface area contributed by atoms with E-state index in [4.69, 9.17) is 9.47 Å². The quantitative estimate of drug-likeness (QED) is 0.196. The van der Waals surface area contributed by atoms with Gasteiger partial charge in [-0.2, -0.15) is 0 Å². The van der Waals surface area contributed by atoms with Crippen molar-refractivity contribution in [2.45, 2.75) is 63.9 Å². The van der Waals surface area contributed by atoms with Crippen LogP contribution in [0.1, 0.15) is 61.3 Å². The molecular weight excluding hydrogens is 793 g/mol. The molecule has 0 aliphatic carbocycles. The third-order valence-electron chi connectivity index (χ3n) is 14.1. The highest BCUT2D eigenvalue weighted by atomic mass is 16.5. The van der Waals surface area contributed by atoms with Crippen LogP contribution in [0.4, 0.5) is 0 Å². The van der Waals surface area contributed by atoms with Crippen molar-refractivity contribution < 1.29 is 29.3 Å². The van der Waals surface area contributed by atoms with Crippen LogP contribution in [-0.2, 0) is 32.2 Å². The van der Waals surface area contributed by atoms with Gasteiger partial charge in [0.25, 0.3) is 11.1 Å². The van der Waals surface area contributed by atoms with Crippen molar-refractivity contribution in [2.24, 2.45) is 23.7 Å². The minimum atomic E-state index is -0.387. The number of aliphatic hydroxyl groups excluding tert-OH is 2. The van der Waals surface area contributed by atoms with Crippen LogP contribution in [0.5, 0.6) is 0 Å². The van der Waals surface area contributed by atoms with E-state index >= 15 is 0 Å².